The SMILES string of the molecule is Cc1c(CNS(=O)(=O)c2cc(N)c(F)cc2Cl)cnn1C. The summed E-state index contributed by atoms with van der Waals surface area (Å²) in [6.45, 7) is 1.87. The van der Waals surface area contributed by atoms with Crippen LogP contribution in [0.1, 0.15) is 11.3 Å². The molecule has 0 aliphatic heterocycles. The number of aromatic nitrogens is 2. The van der Waals surface area contributed by atoms with Crippen LogP contribution in [0, 0.1) is 12.7 Å². The van der Waals surface area contributed by atoms with E-state index in [0.717, 1.165) is 23.4 Å². The summed E-state index contributed by atoms with van der Waals surface area (Å²) in [4.78, 5) is -0.260. The van der Waals surface area contributed by atoms with Crippen molar-refractivity contribution in [2.75, 3.05) is 5.73 Å². The summed E-state index contributed by atoms with van der Waals surface area (Å²) in [6, 6.07) is 1.87. The van der Waals surface area contributed by atoms with Gasteiger partial charge in [-0.15, -0.1) is 0 Å². The summed E-state index contributed by atoms with van der Waals surface area (Å²) in [6.07, 6.45) is 1.57. The first-order chi connectivity index (χ1) is 9.72. The fraction of sp³-hybridized carbons (Fsp3) is 0.250. The van der Waals surface area contributed by atoms with E-state index in [-0.39, 0.29) is 22.2 Å². The number of rotatable bonds is 4. The third-order valence-electron chi connectivity index (χ3n) is 3.13. The fourth-order valence-corrected chi connectivity index (χ4v) is 3.27. The molecule has 3 N–H and O–H groups in total. The molecular weight excluding hydrogens is 319 g/mol. The quantitative estimate of drug-likeness (QED) is 0.832. The Morgan fingerprint density at radius 1 is 1.48 bits per heavy atom. The Hall–Kier alpha value is -1.64. The largest absolute Gasteiger partial charge is 0.396 e. The number of sulfonamides is 1. The second-order valence-corrected chi connectivity index (χ2v) is 6.65. The maximum atomic E-state index is 13.2. The van der Waals surface area contributed by atoms with Gasteiger partial charge in [0, 0.05) is 24.8 Å². The van der Waals surface area contributed by atoms with Crippen molar-refractivity contribution < 1.29 is 12.8 Å². The van der Waals surface area contributed by atoms with Gasteiger partial charge in [-0.2, -0.15) is 5.10 Å². The first-order valence-electron chi connectivity index (χ1n) is 5.94. The molecule has 2 rings (SSSR count). The van der Waals surface area contributed by atoms with Crippen LogP contribution in [0.2, 0.25) is 5.02 Å². The molecule has 0 radical (unpaired) electrons. The topological polar surface area (TPSA) is 90.0 Å². The van der Waals surface area contributed by atoms with Gasteiger partial charge in [-0.3, -0.25) is 4.68 Å². The summed E-state index contributed by atoms with van der Waals surface area (Å²) in [5.41, 5.74) is 6.67. The molecule has 0 unspecified atom stereocenters. The van der Waals surface area contributed by atoms with Crippen molar-refractivity contribution in [3.63, 3.8) is 0 Å². The van der Waals surface area contributed by atoms with E-state index in [1.165, 1.54) is 0 Å². The average Bonchev–Trinajstić information content (AvgIpc) is 2.72. The van der Waals surface area contributed by atoms with Crippen LogP contribution in [0.25, 0.3) is 0 Å². The van der Waals surface area contributed by atoms with Crippen LogP contribution in [0.15, 0.2) is 23.2 Å². The standard InChI is InChI=1S/C12H14ClFN4O2S/c1-7-8(5-16-18(7)2)6-17-21(19,20)12-4-11(15)10(14)3-9(12)13/h3-5,17H,6,15H2,1-2H3. The lowest BCUT2D eigenvalue weighted by Gasteiger charge is -2.09. The minimum Gasteiger partial charge on any atom is -0.396 e. The number of nitrogen functional groups attached to an aromatic ring is 1. The molecule has 114 valence electrons. The molecule has 21 heavy (non-hydrogen) atoms. The Kier molecular flexibility index (Phi) is 4.22. The normalized spacial score (nSPS) is 11.8. The predicted octanol–water partition coefficient (Wildman–Crippen LogP) is 1.58. The summed E-state index contributed by atoms with van der Waals surface area (Å²) in [7, 11) is -2.15. The van der Waals surface area contributed by atoms with Crippen LogP contribution in [0.3, 0.4) is 0 Å². The Balaban J connectivity index is 2.27. The highest BCUT2D eigenvalue weighted by atomic mass is 35.5. The van der Waals surface area contributed by atoms with Gasteiger partial charge in [0.15, 0.2) is 0 Å². The third-order valence-corrected chi connectivity index (χ3v) is 5.00. The number of nitrogens with two attached hydrogens (primary N) is 1. The van der Waals surface area contributed by atoms with Crippen molar-refractivity contribution >= 4 is 27.3 Å². The van der Waals surface area contributed by atoms with Gasteiger partial charge >= 0.3 is 0 Å². The highest BCUT2D eigenvalue weighted by molar-refractivity contribution is 7.89. The van der Waals surface area contributed by atoms with E-state index in [4.69, 9.17) is 17.3 Å². The monoisotopic (exact) mass is 332 g/mol. The van der Waals surface area contributed by atoms with Gasteiger partial charge in [0.2, 0.25) is 10.0 Å². The van der Waals surface area contributed by atoms with Crippen molar-refractivity contribution in [3.05, 3.63) is 40.4 Å². The molecule has 0 aliphatic carbocycles. The Morgan fingerprint density at radius 3 is 2.71 bits per heavy atom. The lowest BCUT2D eigenvalue weighted by molar-refractivity contribution is 0.580. The number of nitrogens with one attached hydrogen (secondary N) is 1. The van der Waals surface area contributed by atoms with Crippen molar-refractivity contribution in [3.8, 4) is 0 Å². The zero-order chi connectivity index (χ0) is 15.8. The van der Waals surface area contributed by atoms with Crippen molar-refractivity contribution in [1.82, 2.24) is 14.5 Å². The first kappa shape index (κ1) is 15.7. The Labute approximate surface area is 126 Å². The van der Waals surface area contributed by atoms with Gasteiger partial charge in [0.1, 0.15) is 10.7 Å². The molecule has 0 bridgehead atoms. The van der Waals surface area contributed by atoms with Crippen LogP contribution in [-0.2, 0) is 23.6 Å². The molecule has 0 saturated carbocycles. The minimum absolute atomic E-state index is 0.0512. The molecule has 1 aromatic carbocycles. The van der Waals surface area contributed by atoms with Crippen LogP contribution in [0.5, 0.6) is 0 Å². The molecule has 0 amide bonds. The lowest BCUT2D eigenvalue weighted by Crippen LogP contribution is -2.24. The summed E-state index contributed by atoms with van der Waals surface area (Å²) in [5.74, 6) is -0.762. The number of anilines is 1. The number of benzene rings is 1. The zero-order valence-corrected chi connectivity index (χ0v) is 13.0. The Bertz CT molecular complexity index is 789. The molecular formula is C12H14ClFN4O2S. The van der Waals surface area contributed by atoms with Gasteiger partial charge in [-0.05, 0) is 19.1 Å². The molecule has 0 atom stereocenters. The molecule has 0 aliphatic rings. The average molecular weight is 333 g/mol. The van der Waals surface area contributed by atoms with Gasteiger partial charge in [-0.25, -0.2) is 17.5 Å². The maximum Gasteiger partial charge on any atom is 0.242 e. The lowest BCUT2D eigenvalue weighted by atomic mass is 10.3. The number of hydrogen-bond donors (Lipinski definition) is 2. The van der Waals surface area contributed by atoms with E-state index in [1.54, 1.807) is 17.9 Å². The molecule has 1 aromatic heterocycles. The van der Waals surface area contributed by atoms with Crippen LogP contribution < -0.4 is 10.5 Å². The van der Waals surface area contributed by atoms with E-state index < -0.39 is 15.8 Å². The van der Waals surface area contributed by atoms with E-state index in [0.29, 0.717) is 0 Å². The third kappa shape index (κ3) is 3.17. The van der Waals surface area contributed by atoms with Crippen molar-refractivity contribution in [2.45, 2.75) is 18.4 Å². The van der Waals surface area contributed by atoms with Crippen molar-refractivity contribution in [1.29, 1.82) is 0 Å². The van der Waals surface area contributed by atoms with Crippen molar-refractivity contribution in [2.24, 2.45) is 7.05 Å². The van der Waals surface area contributed by atoms with Crippen LogP contribution >= 0.6 is 11.6 Å². The van der Waals surface area contributed by atoms with E-state index in [1.807, 2.05) is 6.92 Å². The molecule has 0 saturated heterocycles. The molecule has 0 spiro atoms. The zero-order valence-electron chi connectivity index (χ0n) is 11.4. The molecule has 1 heterocycles. The summed E-state index contributed by atoms with van der Waals surface area (Å²) >= 11 is 5.77. The second-order valence-electron chi connectivity index (χ2n) is 4.51. The summed E-state index contributed by atoms with van der Waals surface area (Å²) < 4.78 is 41.7. The predicted molar refractivity (Wildman–Crippen MR) is 77.8 cm³/mol. The number of halogens is 2. The van der Waals surface area contributed by atoms with Gasteiger partial charge in [0.05, 0.1) is 16.9 Å². The number of aryl methyl sites for hydroxylation is 1. The van der Waals surface area contributed by atoms with Gasteiger partial charge in [-0.1, -0.05) is 11.6 Å². The minimum atomic E-state index is -3.90. The van der Waals surface area contributed by atoms with Crippen LogP contribution in [0.4, 0.5) is 10.1 Å². The van der Waals surface area contributed by atoms with E-state index in [2.05, 4.69) is 9.82 Å². The fourth-order valence-electron chi connectivity index (χ4n) is 1.72. The van der Waals surface area contributed by atoms with Gasteiger partial charge < -0.3 is 5.73 Å². The Morgan fingerprint density at radius 2 is 2.14 bits per heavy atom. The smallest absolute Gasteiger partial charge is 0.242 e. The summed E-state index contributed by atoms with van der Waals surface area (Å²) in [5, 5.41) is 3.79. The van der Waals surface area contributed by atoms with E-state index >= 15 is 0 Å². The second kappa shape index (κ2) is 5.63. The first-order valence-corrected chi connectivity index (χ1v) is 7.80. The molecule has 0 fully saturated rings. The molecule has 6 nitrogen and oxygen atoms in total. The maximum absolute atomic E-state index is 13.2. The molecule has 9 heteroatoms. The van der Waals surface area contributed by atoms with Crippen LogP contribution in [-0.4, -0.2) is 18.2 Å². The molecule has 2 aromatic rings. The highest BCUT2D eigenvalue weighted by Crippen LogP contribution is 2.26. The van der Waals surface area contributed by atoms with Gasteiger partial charge in [0.25, 0.3) is 0 Å². The van der Waals surface area contributed by atoms with E-state index in [9.17, 15) is 12.8 Å². The number of nitrogens with zero attached hydrogens (tertiary/aromatic N) is 2. The number of hydrogen-bond acceptors (Lipinski definition) is 4. The highest BCUT2D eigenvalue weighted by Gasteiger charge is 2.20.